The molecule has 0 aliphatic heterocycles. The van der Waals surface area contributed by atoms with Gasteiger partial charge in [-0.15, -0.1) is 11.8 Å². The van der Waals surface area contributed by atoms with Gasteiger partial charge in [0.15, 0.2) is 11.6 Å². The monoisotopic (exact) mass is 207 g/mol. The molecule has 0 saturated carbocycles. The highest BCUT2D eigenvalue weighted by Gasteiger charge is 2.16. The Kier molecular flexibility index (Phi) is 3.08. The number of thioether (sulfide) groups is 1. The molecule has 0 aromatic heterocycles. The van der Waals surface area contributed by atoms with E-state index in [9.17, 15) is 13.2 Å². The van der Waals surface area contributed by atoms with Gasteiger partial charge in [0, 0.05) is 6.07 Å². The van der Waals surface area contributed by atoms with E-state index in [1.54, 1.807) is 6.92 Å². The topological polar surface area (TPSA) is 26.0 Å². The van der Waals surface area contributed by atoms with Crippen LogP contribution in [0.3, 0.4) is 0 Å². The Morgan fingerprint density at radius 2 is 1.92 bits per heavy atom. The third-order valence-electron chi connectivity index (χ3n) is 1.43. The number of hydrogen-bond donors (Lipinski definition) is 1. The molecule has 1 aromatic carbocycles. The van der Waals surface area contributed by atoms with Gasteiger partial charge in [0.25, 0.3) is 0 Å². The standard InChI is InChI=1S/C8H8F3NS/c1-2-13-8-4(9)3-5(12)6(10)7(8)11/h3H,2,12H2,1H3. The van der Waals surface area contributed by atoms with E-state index in [-0.39, 0.29) is 4.90 Å². The Labute approximate surface area is 78.1 Å². The fourth-order valence-electron chi connectivity index (χ4n) is 0.873. The summed E-state index contributed by atoms with van der Waals surface area (Å²) in [5.74, 6) is -2.73. The molecule has 2 N–H and O–H groups in total. The third kappa shape index (κ3) is 1.91. The average Bonchev–Trinajstić information content (AvgIpc) is 2.09. The lowest BCUT2D eigenvalue weighted by Crippen LogP contribution is -1.99. The Balaban J connectivity index is 3.26. The largest absolute Gasteiger partial charge is 0.396 e. The first-order valence-corrected chi connectivity index (χ1v) is 4.62. The lowest BCUT2D eigenvalue weighted by molar-refractivity contribution is 0.471. The normalized spacial score (nSPS) is 10.5. The number of anilines is 1. The number of nitrogens with two attached hydrogens (primary N) is 1. The van der Waals surface area contributed by atoms with E-state index < -0.39 is 23.1 Å². The van der Waals surface area contributed by atoms with Crippen molar-refractivity contribution in [1.29, 1.82) is 0 Å². The molecule has 13 heavy (non-hydrogen) atoms. The zero-order valence-corrected chi connectivity index (χ0v) is 7.72. The number of halogens is 3. The Morgan fingerprint density at radius 3 is 2.46 bits per heavy atom. The minimum atomic E-state index is -1.20. The summed E-state index contributed by atoms with van der Waals surface area (Å²) in [4.78, 5) is -0.311. The summed E-state index contributed by atoms with van der Waals surface area (Å²) in [5.41, 5.74) is 4.52. The molecule has 1 aromatic rings. The van der Waals surface area contributed by atoms with Crippen LogP contribution in [0, 0.1) is 17.5 Å². The van der Waals surface area contributed by atoms with E-state index in [0.717, 1.165) is 17.8 Å². The van der Waals surface area contributed by atoms with Crippen LogP contribution in [-0.4, -0.2) is 5.75 Å². The average molecular weight is 207 g/mol. The van der Waals surface area contributed by atoms with Gasteiger partial charge in [-0.25, -0.2) is 13.2 Å². The lowest BCUT2D eigenvalue weighted by Gasteiger charge is -2.05. The molecule has 0 amide bonds. The Morgan fingerprint density at radius 1 is 1.31 bits per heavy atom. The van der Waals surface area contributed by atoms with Crippen molar-refractivity contribution in [3.63, 3.8) is 0 Å². The summed E-state index contributed by atoms with van der Waals surface area (Å²) in [6.45, 7) is 1.72. The first-order valence-electron chi connectivity index (χ1n) is 3.63. The number of nitrogen functional groups attached to an aromatic ring is 1. The van der Waals surface area contributed by atoms with Crippen molar-refractivity contribution in [2.45, 2.75) is 11.8 Å². The minimum Gasteiger partial charge on any atom is -0.396 e. The third-order valence-corrected chi connectivity index (χ3v) is 2.38. The summed E-state index contributed by atoms with van der Waals surface area (Å²) < 4.78 is 38.8. The summed E-state index contributed by atoms with van der Waals surface area (Å²) in [6, 6.07) is 0.788. The van der Waals surface area contributed by atoms with E-state index in [1.807, 2.05) is 0 Å². The molecule has 0 atom stereocenters. The van der Waals surface area contributed by atoms with Crippen molar-refractivity contribution in [3.8, 4) is 0 Å². The molecule has 0 bridgehead atoms. The molecule has 0 saturated heterocycles. The lowest BCUT2D eigenvalue weighted by atomic mass is 10.3. The molecule has 1 rings (SSSR count). The maximum atomic E-state index is 13.0. The van der Waals surface area contributed by atoms with Crippen LogP contribution in [0.4, 0.5) is 18.9 Å². The zero-order chi connectivity index (χ0) is 10.0. The number of benzene rings is 1. The summed E-state index contributed by atoms with van der Waals surface area (Å²) in [6.07, 6.45) is 0. The van der Waals surface area contributed by atoms with E-state index in [4.69, 9.17) is 5.73 Å². The first kappa shape index (κ1) is 10.2. The molecular weight excluding hydrogens is 199 g/mol. The van der Waals surface area contributed by atoms with Crippen molar-refractivity contribution >= 4 is 17.4 Å². The number of hydrogen-bond acceptors (Lipinski definition) is 2. The highest BCUT2D eigenvalue weighted by molar-refractivity contribution is 7.99. The van der Waals surface area contributed by atoms with Gasteiger partial charge in [0.1, 0.15) is 5.82 Å². The van der Waals surface area contributed by atoms with Gasteiger partial charge < -0.3 is 5.73 Å². The fourth-order valence-corrected chi connectivity index (χ4v) is 1.58. The van der Waals surface area contributed by atoms with Crippen molar-refractivity contribution in [2.24, 2.45) is 0 Å². The summed E-state index contributed by atoms with van der Waals surface area (Å²) in [7, 11) is 0. The van der Waals surface area contributed by atoms with E-state index in [1.165, 1.54) is 0 Å². The van der Waals surface area contributed by atoms with Gasteiger partial charge in [-0.2, -0.15) is 0 Å². The highest BCUT2D eigenvalue weighted by Crippen LogP contribution is 2.29. The molecule has 0 spiro atoms. The second-order valence-electron chi connectivity index (χ2n) is 2.34. The molecule has 0 aliphatic carbocycles. The first-order chi connectivity index (χ1) is 6.07. The molecule has 0 aliphatic rings. The van der Waals surface area contributed by atoms with E-state index in [0.29, 0.717) is 5.75 Å². The molecule has 0 heterocycles. The second kappa shape index (κ2) is 3.91. The molecule has 0 fully saturated rings. The fraction of sp³-hybridized carbons (Fsp3) is 0.250. The van der Waals surface area contributed by atoms with Crippen LogP contribution in [-0.2, 0) is 0 Å². The van der Waals surface area contributed by atoms with Crippen molar-refractivity contribution in [3.05, 3.63) is 23.5 Å². The maximum Gasteiger partial charge on any atom is 0.183 e. The van der Waals surface area contributed by atoms with Crippen molar-refractivity contribution in [2.75, 3.05) is 11.5 Å². The molecule has 0 unspecified atom stereocenters. The van der Waals surface area contributed by atoms with Crippen LogP contribution in [0.2, 0.25) is 0 Å². The zero-order valence-electron chi connectivity index (χ0n) is 6.90. The molecular formula is C8H8F3NS. The highest BCUT2D eigenvalue weighted by atomic mass is 32.2. The summed E-state index contributed by atoms with van der Waals surface area (Å²) >= 11 is 0.906. The van der Waals surface area contributed by atoms with Gasteiger partial charge in [0.05, 0.1) is 10.6 Å². The quantitative estimate of drug-likeness (QED) is 0.458. The minimum absolute atomic E-state index is 0.311. The van der Waals surface area contributed by atoms with Crippen molar-refractivity contribution in [1.82, 2.24) is 0 Å². The van der Waals surface area contributed by atoms with Crippen LogP contribution in [0.25, 0.3) is 0 Å². The van der Waals surface area contributed by atoms with Gasteiger partial charge in [-0.1, -0.05) is 6.92 Å². The van der Waals surface area contributed by atoms with Gasteiger partial charge in [-0.3, -0.25) is 0 Å². The van der Waals surface area contributed by atoms with Gasteiger partial charge in [-0.05, 0) is 5.75 Å². The molecule has 1 nitrogen and oxygen atoms in total. The molecule has 72 valence electrons. The summed E-state index contributed by atoms with van der Waals surface area (Å²) in [5, 5.41) is 0. The number of rotatable bonds is 2. The smallest absolute Gasteiger partial charge is 0.183 e. The predicted molar refractivity (Wildman–Crippen MR) is 47.1 cm³/mol. The van der Waals surface area contributed by atoms with Crippen LogP contribution in [0.1, 0.15) is 6.92 Å². The second-order valence-corrected chi connectivity index (χ2v) is 3.61. The van der Waals surface area contributed by atoms with E-state index in [2.05, 4.69) is 0 Å². The van der Waals surface area contributed by atoms with Gasteiger partial charge in [0.2, 0.25) is 0 Å². The Hall–Kier alpha value is -0.840. The van der Waals surface area contributed by atoms with Crippen LogP contribution >= 0.6 is 11.8 Å². The SMILES string of the molecule is CCSc1c(F)cc(N)c(F)c1F. The van der Waals surface area contributed by atoms with Crippen LogP contribution in [0.15, 0.2) is 11.0 Å². The van der Waals surface area contributed by atoms with Gasteiger partial charge >= 0.3 is 0 Å². The Bertz CT molecular complexity index is 328. The van der Waals surface area contributed by atoms with Crippen molar-refractivity contribution < 1.29 is 13.2 Å². The van der Waals surface area contributed by atoms with E-state index >= 15 is 0 Å². The van der Waals surface area contributed by atoms with Crippen LogP contribution < -0.4 is 5.73 Å². The molecule has 5 heteroatoms. The molecule has 0 radical (unpaired) electrons. The van der Waals surface area contributed by atoms with Crippen LogP contribution in [0.5, 0.6) is 0 Å². The maximum absolute atomic E-state index is 13.0. The predicted octanol–water partition coefficient (Wildman–Crippen LogP) is 2.80.